The molecule has 66 valence electrons. The molecular weight excluding hydrogens is 180 g/mol. The molecular formula is C6H8N2O3S. The third kappa shape index (κ3) is 2.11. The lowest BCUT2D eigenvalue weighted by atomic mass is 10.3. The Morgan fingerprint density at radius 1 is 1.50 bits per heavy atom. The predicted molar refractivity (Wildman–Crippen MR) is 46.9 cm³/mol. The van der Waals surface area contributed by atoms with Crippen LogP contribution in [0, 0.1) is 0 Å². The Bertz CT molecular complexity index is 316. The van der Waals surface area contributed by atoms with Crippen LogP contribution in [0.4, 0.5) is 11.4 Å². The summed E-state index contributed by atoms with van der Waals surface area (Å²) in [7, 11) is 0. The van der Waals surface area contributed by atoms with Gasteiger partial charge in [0, 0.05) is 0 Å². The van der Waals surface area contributed by atoms with Gasteiger partial charge >= 0.3 is 0 Å². The van der Waals surface area contributed by atoms with Crippen molar-refractivity contribution in [1.29, 1.82) is 0 Å². The zero-order valence-electron chi connectivity index (χ0n) is 6.02. The summed E-state index contributed by atoms with van der Waals surface area (Å²) in [6, 6.07) is 4.15. The number of nitrogen functional groups attached to an aromatic ring is 1. The molecule has 1 rings (SSSR count). The summed E-state index contributed by atoms with van der Waals surface area (Å²) in [5.74, 6) is -0.0516. The number of hydrogen-bond acceptors (Lipinski definition) is 3. The summed E-state index contributed by atoms with van der Waals surface area (Å²) in [6.07, 6.45) is 0. The largest absolute Gasteiger partial charge is 0.506 e. The summed E-state index contributed by atoms with van der Waals surface area (Å²) in [4.78, 5) is 0. The van der Waals surface area contributed by atoms with Crippen molar-refractivity contribution < 1.29 is 13.9 Å². The van der Waals surface area contributed by atoms with Gasteiger partial charge in [0.1, 0.15) is 5.75 Å². The first-order valence-corrected chi connectivity index (χ1v) is 4.16. The second-order valence-electron chi connectivity index (χ2n) is 2.12. The molecule has 5 nitrogen and oxygen atoms in total. The Hall–Kier alpha value is -1.27. The Morgan fingerprint density at radius 2 is 2.17 bits per heavy atom. The SMILES string of the molecule is Nc1cc(NS(=O)O)ccc1O. The molecule has 1 unspecified atom stereocenters. The topological polar surface area (TPSA) is 95.6 Å². The molecule has 0 aliphatic carbocycles. The van der Waals surface area contributed by atoms with Gasteiger partial charge < -0.3 is 10.8 Å². The van der Waals surface area contributed by atoms with Crippen molar-refractivity contribution in [1.82, 2.24) is 0 Å². The molecule has 0 bridgehead atoms. The summed E-state index contributed by atoms with van der Waals surface area (Å²) in [5, 5.41) is 8.99. The molecule has 0 amide bonds. The minimum Gasteiger partial charge on any atom is -0.506 e. The van der Waals surface area contributed by atoms with Gasteiger partial charge in [0.25, 0.3) is 11.3 Å². The van der Waals surface area contributed by atoms with Gasteiger partial charge in [-0.2, -0.15) is 0 Å². The van der Waals surface area contributed by atoms with E-state index in [1.54, 1.807) is 0 Å². The molecule has 0 aromatic heterocycles. The molecule has 0 radical (unpaired) electrons. The smallest absolute Gasteiger partial charge is 0.259 e. The van der Waals surface area contributed by atoms with E-state index in [0.717, 1.165) is 0 Å². The maximum atomic E-state index is 10.3. The van der Waals surface area contributed by atoms with E-state index in [2.05, 4.69) is 4.72 Å². The van der Waals surface area contributed by atoms with Gasteiger partial charge in [0.05, 0.1) is 11.4 Å². The molecule has 6 heteroatoms. The van der Waals surface area contributed by atoms with Gasteiger partial charge in [-0.25, -0.2) is 4.21 Å². The Kier molecular flexibility index (Phi) is 2.51. The maximum Gasteiger partial charge on any atom is 0.259 e. The number of hydrogen-bond donors (Lipinski definition) is 4. The number of nitrogens with two attached hydrogens (primary N) is 1. The highest BCUT2D eigenvalue weighted by Crippen LogP contribution is 2.23. The second-order valence-corrected chi connectivity index (χ2v) is 2.83. The Morgan fingerprint density at radius 3 is 2.67 bits per heavy atom. The van der Waals surface area contributed by atoms with E-state index in [0.29, 0.717) is 5.69 Å². The predicted octanol–water partition coefficient (Wildman–Crippen LogP) is 0.523. The lowest BCUT2D eigenvalue weighted by Gasteiger charge is -2.02. The molecule has 0 saturated heterocycles. The Labute approximate surface area is 71.6 Å². The van der Waals surface area contributed by atoms with Crippen LogP contribution >= 0.6 is 0 Å². The van der Waals surface area contributed by atoms with Gasteiger partial charge in [-0.3, -0.25) is 9.27 Å². The van der Waals surface area contributed by atoms with E-state index in [1.165, 1.54) is 18.2 Å². The summed E-state index contributed by atoms with van der Waals surface area (Å²) >= 11 is -2.12. The first kappa shape index (κ1) is 8.82. The van der Waals surface area contributed by atoms with Crippen LogP contribution < -0.4 is 10.5 Å². The molecule has 1 atom stereocenters. The van der Waals surface area contributed by atoms with E-state index in [4.69, 9.17) is 15.4 Å². The van der Waals surface area contributed by atoms with Gasteiger partial charge in [-0.15, -0.1) is 0 Å². The first-order valence-electron chi connectivity index (χ1n) is 3.05. The second kappa shape index (κ2) is 3.42. The van der Waals surface area contributed by atoms with E-state index in [1.807, 2.05) is 0 Å². The third-order valence-corrected chi connectivity index (χ3v) is 1.64. The molecule has 0 heterocycles. The quantitative estimate of drug-likeness (QED) is 0.235. The fraction of sp³-hybridized carbons (Fsp3) is 0. The molecule has 1 aromatic carbocycles. The fourth-order valence-corrected chi connectivity index (χ4v) is 1.05. The summed E-state index contributed by atoms with van der Waals surface area (Å²) < 4.78 is 20.9. The van der Waals surface area contributed by atoms with E-state index < -0.39 is 11.3 Å². The van der Waals surface area contributed by atoms with Gasteiger partial charge in [0.2, 0.25) is 0 Å². The van der Waals surface area contributed by atoms with Crippen LogP contribution in [0.15, 0.2) is 18.2 Å². The monoisotopic (exact) mass is 188 g/mol. The van der Waals surface area contributed by atoms with Crippen molar-refractivity contribution >= 4 is 22.6 Å². The number of nitrogens with one attached hydrogen (secondary N) is 1. The van der Waals surface area contributed by atoms with Crippen LogP contribution in [-0.4, -0.2) is 13.9 Å². The average molecular weight is 188 g/mol. The summed E-state index contributed by atoms with van der Waals surface area (Å²) in [6.45, 7) is 0. The lowest BCUT2D eigenvalue weighted by Crippen LogP contribution is -2.01. The number of phenolic OH excluding ortho intramolecular Hbond substituents is 1. The zero-order valence-corrected chi connectivity index (χ0v) is 6.84. The molecule has 0 saturated carbocycles. The minimum atomic E-state index is -2.12. The zero-order chi connectivity index (χ0) is 9.14. The van der Waals surface area contributed by atoms with Crippen LogP contribution in [-0.2, 0) is 11.3 Å². The van der Waals surface area contributed by atoms with Crippen molar-refractivity contribution in [2.45, 2.75) is 0 Å². The molecule has 1 aromatic rings. The maximum absolute atomic E-state index is 10.3. The molecule has 0 aliphatic rings. The number of phenols is 1. The number of rotatable bonds is 2. The molecule has 5 N–H and O–H groups in total. The average Bonchev–Trinajstić information content (AvgIpc) is 1.96. The number of anilines is 2. The highest BCUT2D eigenvalue weighted by Gasteiger charge is 1.99. The van der Waals surface area contributed by atoms with Crippen molar-refractivity contribution in [3.05, 3.63) is 18.2 Å². The van der Waals surface area contributed by atoms with Crippen LogP contribution in [0.3, 0.4) is 0 Å². The molecule has 12 heavy (non-hydrogen) atoms. The standard InChI is InChI=1S/C6H8N2O3S/c7-5-3-4(8-12(10)11)1-2-6(5)9/h1-3,8-9H,7H2,(H,10,11). The number of aromatic hydroxyl groups is 1. The highest BCUT2D eigenvalue weighted by atomic mass is 32.2. The lowest BCUT2D eigenvalue weighted by molar-refractivity contribution is 0.478. The van der Waals surface area contributed by atoms with Crippen molar-refractivity contribution in [2.75, 3.05) is 10.5 Å². The fourth-order valence-electron chi connectivity index (χ4n) is 0.719. The molecule has 0 spiro atoms. The van der Waals surface area contributed by atoms with Crippen molar-refractivity contribution in [2.24, 2.45) is 0 Å². The van der Waals surface area contributed by atoms with Crippen LogP contribution in [0.5, 0.6) is 5.75 Å². The normalized spacial score (nSPS) is 12.4. The van der Waals surface area contributed by atoms with Crippen LogP contribution in [0.2, 0.25) is 0 Å². The molecule has 0 fully saturated rings. The minimum absolute atomic E-state index is 0.0516. The van der Waals surface area contributed by atoms with Gasteiger partial charge in [-0.05, 0) is 18.2 Å². The van der Waals surface area contributed by atoms with Crippen LogP contribution in [0.25, 0.3) is 0 Å². The molecule has 0 aliphatic heterocycles. The van der Waals surface area contributed by atoms with Crippen molar-refractivity contribution in [3.8, 4) is 5.75 Å². The Balaban J connectivity index is 2.89. The van der Waals surface area contributed by atoms with Crippen molar-refractivity contribution in [3.63, 3.8) is 0 Å². The summed E-state index contributed by atoms with van der Waals surface area (Å²) in [5.41, 5.74) is 5.86. The highest BCUT2D eigenvalue weighted by molar-refractivity contribution is 7.80. The van der Waals surface area contributed by atoms with E-state index in [9.17, 15) is 4.21 Å². The number of benzene rings is 1. The third-order valence-electron chi connectivity index (χ3n) is 1.23. The van der Waals surface area contributed by atoms with E-state index in [-0.39, 0.29) is 11.4 Å². The van der Waals surface area contributed by atoms with Gasteiger partial charge in [0.15, 0.2) is 0 Å². The van der Waals surface area contributed by atoms with Gasteiger partial charge in [-0.1, -0.05) is 0 Å². The first-order chi connectivity index (χ1) is 5.59. The van der Waals surface area contributed by atoms with E-state index >= 15 is 0 Å². The van der Waals surface area contributed by atoms with Crippen LogP contribution in [0.1, 0.15) is 0 Å².